The first kappa shape index (κ1) is 8.76. The molecular weight excluding hydrogens is 158 g/mol. The van der Waals surface area contributed by atoms with Gasteiger partial charge in [0.2, 0.25) is 0 Å². The lowest BCUT2D eigenvalue weighted by Gasteiger charge is -2.23. The molecule has 2 rings (SSSR count). The van der Waals surface area contributed by atoms with Crippen molar-refractivity contribution in [1.82, 2.24) is 0 Å². The van der Waals surface area contributed by atoms with Crippen molar-refractivity contribution in [1.29, 1.82) is 0 Å². The summed E-state index contributed by atoms with van der Waals surface area (Å²) >= 11 is 0. The van der Waals surface area contributed by atoms with Gasteiger partial charge in [0.05, 0.1) is 0 Å². The van der Waals surface area contributed by atoms with E-state index in [9.17, 15) is 0 Å². The molecule has 1 aliphatic rings. The number of nitrogens with two attached hydrogens (primary N) is 1. The van der Waals surface area contributed by atoms with Crippen LogP contribution in [-0.2, 0) is 6.42 Å². The summed E-state index contributed by atoms with van der Waals surface area (Å²) in [5.41, 5.74) is 10.6. The molecule has 0 saturated heterocycles. The monoisotopic (exact) mass is 175 g/mol. The predicted octanol–water partition coefficient (Wildman–Crippen LogP) is 2.58. The fourth-order valence-electron chi connectivity index (χ4n) is 2.24. The van der Waals surface area contributed by atoms with Crippen LogP contribution in [0.5, 0.6) is 0 Å². The Hall–Kier alpha value is -0.820. The number of hydrogen-bond donors (Lipinski definition) is 1. The van der Waals surface area contributed by atoms with E-state index in [-0.39, 0.29) is 11.5 Å². The van der Waals surface area contributed by atoms with E-state index in [2.05, 4.69) is 39.0 Å². The van der Waals surface area contributed by atoms with Gasteiger partial charge in [-0.1, -0.05) is 32.0 Å². The second-order valence-corrected chi connectivity index (χ2v) is 4.79. The topological polar surface area (TPSA) is 26.0 Å². The molecule has 0 aliphatic heterocycles. The van der Waals surface area contributed by atoms with E-state index in [4.69, 9.17) is 5.73 Å². The minimum atomic E-state index is 0.211. The minimum absolute atomic E-state index is 0.211. The molecule has 0 fully saturated rings. The molecule has 1 nitrogen and oxygen atoms in total. The lowest BCUT2D eigenvalue weighted by molar-refractivity contribution is 0.319. The minimum Gasteiger partial charge on any atom is -0.323 e. The number of hydrogen-bond acceptors (Lipinski definition) is 1. The summed E-state index contributed by atoms with van der Waals surface area (Å²) in [7, 11) is 0. The van der Waals surface area contributed by atoms with Crippen LogP contribution >= 0.6 is 0 Å². The summed E-state index contributed by atoms with van der Waals surface area (Å²) in [5.74, 6) is 0. The van der Waals surface area contributed by atoms with Gasteiger partial charge in [0.25, 0.3) is 0 Å². The van der Waals surface area contributed by atoms with Crippen molar-refractivity contribution in [3.63, 3.8) is 0 Å². The summed E-state index contributed by atoms with van der Waals surface area (Å²) < 4.78 is 0. The molecule has 13 heavy (non-hydrogen) atoms. The van der Waals surface area contributed by atoms with Crippen LogP contribution in [0, 0.1) is 12.3 Å². The number of fused-ring (bicyclic) bond motifs is 1. The van der Waals surface area contributed by atoms with E-state index < -0.39 is 0 Å². The fraction of sp³-hybridized carbons (Fsp3) is 0.500. The lowest BCUT2D eigenvalue weighted by Crippen LogP contribution is -2.24. The van der Waals surface area contributed by atoms with Gasteiger partial charge in [-0.25, -0.2) is 0 Å². The van der Waals surface area contributed by atoms with Crippen molar-refractivity contribution < 1.29 is 0 Å². The summed E-state index contributed by atoms with van der Waals surface area (Å²) in [4.78, 5) is 0. The zero-order valence-corrected chi connectivity index (χ0v) is 8.59. The van der Waals surface area contributed by atoms with E-state index in [1.54, 1.807) is 0 Å². The highest BCUT2D eigenvalue weighted by atomic mass is 14.7. The zero-order valence-electron chi connectivity index (χ0n) is 8.59. The maximum absolute atomic E-state index is 6.19. The molecule has 1 aliphatic carbocycles. The summed E-state index contributed by atoms with van der Waals surface area (Å²) in [6.07, 6.45) is 1.12. The molecule has 0 aromatic heterocycles. The van der Waals surface area contributed by atoms with Crippen molar-refractivity contribution in [2.45, 2.75) is 33.2 Å². The van der Waals surface area contributed by atoms with Crippen LogP contribution in [0.4, 0.5) is 0 Å². The SMILES string of the molecule is Cc1cccc2c1CC(C)(C)C2N. The fourth-order valence-corrected chi connectivity index (χ4v) is 2.24. The first-order chi connectivity index (χ1) is 6.02. The smallest absolute Gasteiger partial charge is 0.0352 e. The molecule has 2 N–H and O–H groups in total. The van der Waals surface area contributed by atoms with Crippen molar-refractivity contribution in [2.24, 2.45) is 11.1 Å². The Morgan fingerprint density at radius 3 is 2.69 bits per heavy atom. The van der Waals surface area contributed by atoms with Crippen LogP contribution in [0.15, 0.2) is 18.2 Å². The van der Waals surface area contributed by atoms with Crippen LogP contribution < -0.4 is 5.73 Å². The van der Waals surface area contributed by atoms with Crippen molar-refractivity contribution in [2.75, 3.05) is 0 Å². The standard InChI is InChI=1S/C12H17N/c1-8-5-4-6-9-10(8)7-12(2,3)11(9)13/h4-6,11H,7,13H2,1-3H3. The van der Waals surface area contributed by atoms with Crippen LogP contribution in [0.25, 0.3) is 0 Å². The Kier molecular flexibility index (Phi) is 1.74. The molecular formula is C12H17N. The Morgan fingerprint density at radius 1 is 1.38 bits per heavy atom. The third-order valence-electron chi connectivity index (χ3n) is 3.26. The van der Waals surface area contributed by atoms with Gasteiger partial charge in [-0.15, -0.1) is 0 Å². The lowest BCUT2D eigenvalue weighted by atomic mass is 9.86. The van der Waals surface area contributed by atoms with Gasteiger partial charge in [-0.05, 0) is 35.4 Å². The summed E-state index contributed by atoms with van der Waals surface area (Å²) in [6.45, 7) is 6.67. The molecule has 0 heterocycles. The maximum atomic E-state index is 6.19. The summed E-state index contributed by atoms with van der Waals surface area (Å²) in [6, 6.07) is 6.66. The molecule has 0 amide bonds. The molecule has 1 aromatic rings. The number of aryl methyl sites for hydroxylation is 1. The predicted molar refractivity (Wildman–Crippen MR) is 55.6 cm³/mol. The molecule has 1 heteroatoms. The van der Waals surface area contributed by atoms with Gasteiger partial charge >= 0.3 is 0 Å². The van der Waals surface area contributed by atoms with E-state index in [1.165, 1.54) is 16.7 Å². The first-order valence-electron chi connectivity index (χ1n) is 4.86. The number of benzene rings is 1. The van der Waals surface area contributed by atoms with Crippen molar-refractivity contribution >= 4 is 0 Å². The van der Waals surface area contributed by atoms with Crippen molar-refractivity contribution in [3.05, 3.63) is 34.9 Å². The van der Waals surface area contributed by atoms with E-state index in [0.717, 1.165) is 6.42 Å². The zero-order chi connectivity index (χ0) is 9.64. The number of rotatable bonds is 0. The van der Waals surface area contributed by atoms with Gasteiger partial charge in [-0.3, -0.25) is 0 Å². The van der Waals surface area contributed by atoms with Gasteiger partial charge < -0.3 is 5.73 Å². The molecule has 0 spiro atoms. The third-order valence-corrected chi connectivity index (χ3v) is 3.26. The van der Waals surface area contributed by atoms with Crippen LogP contribution in [0.2, 0.25) is 0 Å². The van der Waals surface area contributed by atoms with Gasteiger partial charge in [0.1, 0.15) is 0 Å². The Morgan fingerprint density at radius 2 is 2.08 bits per heavy atom. The Balaban J connectivity index is 2.56. The normalized spacial score (nSPS) is 24.5. The van der Waals surface area contributed by atoms with E-state index >= 15 is 0 Å². The van der Waals surface area contributed by atoms with Gasteiger partial charge in [-0.2, -0.15) is 0 Å². The second-order valence-electron chi connectivity index (χ2n) is 4.79. The maximum Gasteiger partial charge on any atom is 0.0352 e. The Labute approximate surface area is 80.0 Å². The summed E-state index contributed by atoms with van der Waals surface area (Å²) in [5, 5.41) is 0. The van der Waals surface area contributed by atoms with Gasteiger partial charge in [0.15, 0.2) is 0 Å². The highest BCUT2D eigenvalue weighted by Gasteiger charge is 2.36. The molecule has 1 aromatic carbocycles. The Bertz CT molecular complexity index is 339. The molecule has 1 unspecified atom stereocenters. The highest BCUT2D eigenvalue weighted by Crippen LogP contribution is 2.44. The van der Waals surface area contributed by atoms with E-state index in [0.29, 0.717) is 0 Å². The second kappa shape index (κ2) is 2.58. The molecule has 0 bridgehead atoms. The average Bonchev–Trinajstić information content (AvgIpc) is 2.28. The quantitative estimate of drug-likeness (QED) is 0.644. The largest absolute Gasteiger partial charge is 0.323 e. The average molecular weight is 175 g/mol. The van der Waals surface area contributed by atoms with Crippen LogP contribution in [-0.4, -0.2) is 0 Å². The third kappa shape index (κ3) is 1.19. The highest BCUT2D eigenvalue weighted by molar-refractivity contribution is 5.42. The van der Waals surface area contributed by atoms with Crippen molar-refractivity contribution in [3.8, 4) is 0 Å². The molecule has 0 saturated carbocycles. The molecule has 1 atom stereocenters. The first-order valence-corrected chi connectivity index (χ1v) is 4.86. The van der Waals surface area contributed by atoms with E-state index in [1.807, 2.05) is 0 Å². The molecule has 0 radical (unpaired) electrons. The van der Waals surface area contributed by atoms with Crippen LogP contribution in [0.1, 0.15) is 36.6 Å². The molecule has 70 valence electrons. The van der Waals surface area contributed by atoms with Crippen LogP contribution in [0.3, 0.4) is 0 Å². The van der Waals surface area contributed by atoms with Gasteiger partial charge in [0, 0.05) is 6.04 Å².